The molecule has 0 fully saturated rings. The third-order valence-corrected chi connectivity index (χ3v) is 4.67. The van der Waals surface area contributed by atoms with Crippen LogP contribution in [0.25, 0.3) is 0 Å². The Balaban J connectivity index is 1.80. The van der Waals surface area contributed by atoms with E-state index in [1.165, 1.54) is 6.92 Å². The smallest absolute Gasteiger partial charge is 0.255 e. The number of benzene rings is 2. The van der Waals surface area contributed by atoms with Crippen LogP contribution in [0, 0.1) is 5.92 Å². The van der Waals surface area contributed by atoms with Gasteiger partial charge in [-0.2, -0.15) is 0 Å². The van der Waals surface area contributed by atoms with E-state index in [4.69, 9.17) is 0 Å². The van der Waals surface area contributed by atoms with E-state index in [-0.39, 0.29) is 23.6 Å². The zero-order valence-corrected chi connectivity index (χ0v) is 16.4. The van der Waals surface area contributed by atoms with Crippen LogP contribution >= 0.6 is 0 Å². The summed E-state index contributed by atoms with van der Waals surface area (Å²) in [6, 6.07) is 13.9. The summed E-state index contributed by atoms with van der Waals surface area (Å²) >= 11 is 0. The molecule has 3 amide bonds. The maximum atomic E-state index is 13.1. The summed E-state index contributed by atoms with van der Waals surface area (Å²) in [6.45, 7) is 5.93. The average Bonchev–Trinajstić information content (AvgIpc) is 2.96. The molecule has 0 spiro atoms. The molecule has 146 valence electrons. The van der Waals surface area contributed by atoms with Gasteiger partial charge in [-0.05, 0) is 42.2 Å². The Labute approximate surface area is 164 Å². The summed E-state index contributed by atoms with van der Waals surface area (Å²) in [5.41, 5.74) is 2.79. The minimum atomic E-state index is -0.565. The second kappa shape index (κ2) is 8.25. The fraction of sp³-hybridized carbons (Fsp3) is 0.318. The number of carbonyl (C=O) groups is 3. The number of carbonyl (C=O) groups excluding carboxylic acids is 3. The van der Waals surface area contributed by atoms with Crippen LogP contribution in [0.1, 0.15) is 43.1 Å². The molecule has 28 heavy (non-hydrogen) atoms. The Morgan fingerprint density at radius 2 is 1.71 bits per heavy atom. The molecule has 2 aromatic carbocycles. The van der Waals surface area contributed by atoms with Crippen molar-refractivity contribution in [2.45, 2.75) is 39.8 Å². The molecule has 6 nitrogen and oxygen atoms in total. The Morgan fingerprint density at radius 1 is 1.04 bits per heavy atom. The van der Waals surface area contributed by atoms with Crippen LogP contribution in [-0.2, 0) is 16.1 Å². The monoisotopic (exact) mass is 379 g/mol. The van der Waals surface area contributed by atoms with Crippen LogP contribution in [0.3, 0.4) is 0 Å². The van der Waals surface area contributed by atoms with Gasteiger partial charge >= 0.3 is 0 Å². The number of hydrogen-bond acceptors (Lipinski definition) is 3. The van der Waals surface area contributed by atoms with E-state index in [0.717, 1.165) is 5.56 Å². The minimum absolute atomic E-state index is 0.108. The summed E-state index contributed by atoms with van der Waals surface area (Å²) < 4.78 is 0. The molecule has 3 rings (SSSR count). The molecule has 0 aromatic heterocycles. The van der Waals surface area contributed by atoms with E-state index in [0.29, 0.717) is 29.9 Å². The van der Waals surface area contributed by atoms with Crippen LogP contribution in [0.15, 0.2) is 48.5 Å². The Morgan fingerprint density at radius 3 is 2.36 bits per heavy atom. The second-order valence-electron chi connectivity index (χ2n) is 7.49. The van der Waals surface area contributed by atoms with Gasteiger partial charge in [-0.1, -0.05) is 38.1 Å². The highest BCUT2D eigenvalue weighted by molar-refractivity contribution is 6.03. The lowest BCUT2D eigenvalue weighted by Crippen LogP contribution is -2.45. The second-order valence-corrected chi connectivity index (χ2v) is 7.49. The van der Waals surface area contributed by atoms with Crippen molar-refractivity contribution in [3.63, 3.8) is 0 Å². The first kappa shape index (κ1) is 19.6. The van der Waals surface area contributed by atoms with Crippen molar-refractivity contribution in [1.29, 1.82) is 0 Å². The molecule has 1 atom stereocenters. The van der Waals surface area contributed by atoms with Gasteiger partial charge in [-0.25, -0.2) is 0 Å². The van der Waals surface area contributed by atoms with E-state index in [2.05, 4.69) is 10.6 Å². The van der Waals surface area contributed by atoms with Crippen molar-refractivity contribution < 1.29 is 14.4 Å². The number of nitrogens with zero attached hydrogens (tertiary/aromatic N) is 1. The lowest BCUT2D eigenvalue weighted by atomic mass is 10.0. The van der Waals surface area contributed by atoms with Gasteiger partial charge in [-0.15, -0.1) is 0 Å². The van der Waals surface area contributed by atoms with Gasteiger partial charge < -0.3 is 15.5 Å². The number of rotatable bonds is 6. The van der Waals surface area contributed by atoms with Gasteiger partial charge in [0.15, 0.2) is 0 Å². The van der Waals surface area contributed by atoms with Gasteiger partial charge in [0.05, 0.1) is 0 Å². The quantitative estimate of drug-likeness (QED) is 0.804. The van der Waals surface area contributed by atoms with Gasteiger partial charge in [0.1, 0.15) is 6.04 Å². The largest absolute Gasteiger partial charge is 0.326 e. The Bertz CT molecular complexity index is 907. The van der Waals surface area contributed by atoms with Crippen LogP contribution < -0.4 is 10.6 Å². The number of fused-ring (bicyclic) bond motifs is 1. The number of amides is 3. The van der Waals surface area contributed by atoms with Crippen molar-refractivity contribution >= 4 is 29.1 Å². The molecule has 1 heterocycles. The molecule has 2 N–H and O–H groups in total. The predicted molar refractivity (Wildman–Crippen MR) is 109 cm³/mol. The third kappa shape index (κ3) is 4.39. The van der Waals surface area contributed by atoms with Crippen molar-refractivity contribution in [1.82, 2.24) is 4.90 Å². The van der Waals surface area contributed by atoms with E-state index in [1.807, 2.05) is 32.0 Å². The first-order valence-electron chi connectivity index (χ1n) is 9.42. The molecule has 0 saturated carbocycles. The first-order chi connectivity index (χ1) is 13.3. The zero-order chi connectivity index (χ0) is 20.3. The molecule has 1 aliphatic heterocycles. The highest BCUT2D eigenvalue weighted by atomic mass is 16.2. The summed E-state index contributed by atoms with van der Waals surface area (Å²) in [4.78, 5) is 38.8. The molecule has 1 aliphatic rings. The normalized spacial score (nSPS) is 14.0. The predicted octanol–water partition coefficient (Wildman–Crippen LogP) is 3.65. The molecule has 0 bridgehead atoms. The van der Waals surface area contributed by atoms with E-state index in [1.54, 1.807) is 35.2 Å². The van der Waals surface area contributed by atoms with Gasteiger partial charge in [0.25, 0.3) is 5.91 Å². The SMILES string of the molecule is CC(=O)Nc1cccc(NC(=O)[C@H](CC(C)C)N2Cc3ccccc3C2=O)c1. The van der Waals surface area contributed by atoms with Crippen molar-refractivity contribution in [2.75, 3.05) is 10.6 Å². The van der Waals surface area contributed by atoms with Crippen LogP contribution in [0.2, 0.25) is 0 Å². The Kier molecular flexibility index (Phi) is 5.78. The summed E-state index contributed by atoms with van der Waals surface area (Å²) in [6.07, 6.45) is 0.566. The zero-order valence-electron chi connectivity index (χ0n) is 16.4. The standard InChI is InChI=1S/C22H25N3O3/c1-14(2)11-20(25-13-16-7-4-5-10-19(16)22(25)28)21(27)24-18-9-6-8-17(12-18)23-15(3)26/h4-10,12,14,20H,11,13H2,1-3H3,(H,23,26)(H,24,27)/t20-/m0/s1. The molecule has 2 aromatic rings. The van der Waals surface area contributed by atoms with Crippen LogP contribution in [-0.4, -0.2) is 28.7 Å². The maximum Gasteiger partial charge on any atom is 0.255 e. The van der Waals surface area contributed by atoms with Gasteiger partial charge in [0.2, 0.25) is 11.8 Å². The fourth-order valence-corrected chi connectivity index (χ4v) is 3.45. The van der Waals surface area contributed by atoms with Crippen LogP contribution in [0.4, 0.5) is 11.4 Å². The van der Waals surface area contributed by atoms with E-state index < -0.39 is 6.04 Å². The first-order valence-corrected chi connectivity index (χ1v) is 9.42. The minimum Gasteiger partial charge on any atom is -0.326 e. The number of nitrogens with one attached hydrogen (secondary N) is 2. The molecular formula is C22H25N3O3. The Hall–Kier alpha value is -3.15. The maximum absolute atomic E-state index is 13.1. The molecular weight excluding hydrogens is 354 g/mol. The van der Waals surface area contributed by atoms with E-state index >= 15 is 0 Å². The van der Waals surface area contributed by atoms with Gasteiger partial charge in [0, 0.05) is 30.4 Å². The topological polar surface area (TPSA) is 78.5 Å². The summed E-state index contributed by atoms with van der Waals surface area (Å²) in [5.74, 6) is -0.266. The lowest BCUT2D eigenvalue weighted by molar-refractivity contribution is -0.121. The van der Waals surface area contributed by atoms with Gasteiger partial charge in [-0.3, -0.25) is 14.4 Å². The fourth-order valence-electron chi connectivity index (χ4n) is 3.45. The average molecular weight is 379 g/mol. The van der Waals surface area contributed by atoms with Crippen LogP contribution in [0.5, 0.6) is 0 Å². The molecule has 0 aliphatic carbocycles. The number of anilines is 2. The van der Waals surface area contributed by atoms with Crippen molar-refractivity contribution in [3.8, 4) is 0 Å². The summed E-state index contributed by atoms with van der Waals surface area (Å²) in [5, 5.41) is 5.60. The molecule has 0 radical (unpaired) electrons. The molecule has 0 unspecified atom stereocenters. The summed E-state index contributed by atoms with van der Waals surface area (Å²) in [7, 11) is 0. The number of hydrogen-bond donors (Lipinski definition) is 2. The molecule has 6 heteroatoms. The van der Waals surface area contributed by atoms with E-state index in [9.17, 15) is 14.4 Å². The van der Waals surface area contributed by atoms with Crippen molar-refractivity contribution in [3.05, 3.63) is 59.7 Å². The van der Waals surface area contributed by atoms with Crippen molar-refractivity contribution in [2.24, 2.45) is 5.92 Å². The lowest BCUT2D eigenvalue weighted by Gasteiger charge is -2.28. The highest BCUT2D eigenvalue weighted by Gasteiger charge is 2.36. The highest BCUT2D eigenvalue weighted by Crippen LogP contribution is 2.27. The molecule has 0 saturated heterocycles. The third-order valence-electron chi connectivity index (χ3n) is 4.67.